The molecule has 0 amide bonds. The summed E-state index contributed by atoms with van der Waals surface area (Å²) in [6, 6.07) is 51.7. The zero-order valence-electron chi connectivity index (χ0n) is 39.7. The largest absolute Gasteiger partial charge is 0.255 e. The predicted molar refractivity (Wildman–Crippen MR) is 268 cm³/mol. The normalized spacial score (nSPS) is 12.4. The van der Waals surface area contributed by atoms with Gasteiger partial charge in [0, 0.05) is 45.1 Å². The molecule has 3 aromatic heterocycles. The van der Waals surface area contributed by atoms with Crippen molar-refractivity contribution in [1.29, 1.82) is 0 Å². The molecule has 3 heterocycles. The van der Waals surface area contributed by atoms with Crippen molar-refractivity contribution in [3.05, 3.63) is 174 Å². The van der Waals surface area contributed by atoms with Crippen LogP contribution in [0.25, 0.3) is 79.1 Å². The van der Waals surface area contributed by atoms with E-state index >= 15 is 0 Å². The first kappa shape index (κ1) is 44.0. The molecule has 0 saturated heterocycles. The Morgan fingerprint density at radius 1 is 0.266 bits per heavy atom. The molecule has 8 rings (SSSR count). The van der Waals surface area contributed by atoms with Crippen LogP contribution in [0.5, 0.6) is 0 Å². The smallest absolute Gasteiger partial charge is 0.161 e. The van der Waals surface area contributed by atoms with Crippen LogP contribution in [0.4, 0.5) is 0 Å². The standard InChI is InChI=1S/C59H61N5/c1-56(2,3)45-25-16-38(17-26-45)50-35-51(39-18-27-46(28-19-39)57(4,5)6)62-54(61-50)43-15-13-14-42(34-43)49-33-24-44(37-60-49)55-63-52(40-20-29-47(30-21-40)58(7,8)9)36-53(64-55)41-22-31-48(32-23-41)59(10,11)12/h13-37H,1-12H3. The second kappa shape index (κ2) is 16.8. The number of rotatable bonds is 7. The van der Waals surface area contributed by atoms with E-state index in [1.54, 1.807) is 0 Å². The number of aromatic nitrogens is 5. The van der Waals surface area contributed by atoms with Crippen molar-refractivity contribution in [2.75, 3.05) is 0 Å². The molecule has 322 valence electrons. The lowest BCUT2D eigenvalue weighted by Gasteiger charge is -2.19. The molecule has 0 bridgehead atoms. The molecule has 0 atom stereocenters. The minimum Gasteiger partial charge on any atom is -0.255 e. The van der Waals surface area contributed by atoms with Gasteiger partial charge in [-0.2, -0.15) is 0 Å². The third-order valence-corrected chi connectivity index (χ3v) is 12.1. The molecule has 64 heavy (non-hydrogen) atoms. The van der Waals surface area contributed by atoms with Crippen LogP contribution in [0.3, 0.4) is 0 Å². The monoisotopic (exact) mass is 839 g/mol. The highest BCUT2D eigenvalue weighted by Crippen LogP contribution is 2.35. The van der Waals surface area contributed by atoms with E-state index in [1.165, 1.54) is 22.3 Å². The lowest BCUT2D eigenvalue weighted by Crippen LogP contribution is -2.10. The van der Waals surface area contributed by atoms with Crippen molar-refractivity contribution in [3.63, 3.8) is 0 Å². The van der Waals surface area contributed by atoms with Crippen LogP contribution in [0.2, 0.25) is 0 Å². The van der Waals surface area contributed by atoms with Gasteiger partial charge in [0.15, 0.2) is 11.6 Å². The average molecular weight is 840 g/mol. The maximum absolute atomic E-state index is 5.19. The molecule has 0 spiro atoms. The molecule has 0 aliphatic carbocycles. The first-order valence-electron chi connectivity index (χ1n) is 22.5. The Balaban J connectivity index is 1.16. The Morgan fingerprint density at radius 2 is 0.562 bits per heavy atom. The quantitative estimate of drug-likeness (QED) is 0.160. The van der Waals surface area contributed by atoms with Crippen molar-refractivity contribution in [3.8, 4) is 79.1 Å². The van der Waals surface area contributed by atoms with Crippen molar-refractivity contribution in [2.24, 2.45) is 0 Å². The molecule has 0 N–H and O–H groups in total. The minimum atomic E-state index is 0.0554. The molecule has 0 aliphatic rings. The number of nitrogens with zero attached hydrogens (tertiary/aromatic N) is 5. The van der Waals surface area contributed by atoms with Crippen molar-refractivity contribution in [2.45, 2.75) is 105 Å². The Morgan fingerprint density at radius 3 is 0.859 bits per heavy atom. The van der Waals surface area contributed by atoms with Gasteiger partial charge in [-0.15, -0.1) is 0 Å². The van der Waals surface area contributed by atoms with Crippen LogP contribution in [0.15, 0.2) is 152 Å². The lowest BCUT2D eigenvalue weighted by molar-refractivity contribution is 0.590. The molecular weight excluding hydrogens is 779 g/mol. The highest BCUT2D eigenvalue weighted by atomic mass is 14.9. The molecule has 8 aromatic rings. The van der Waals surface area contributed by atoms with Gasteiger partial charge >= 0.3 is 0 Å². The van der Waals surface area contributed by atoms with Crippen LogP contribution in [-0.2, 0) is 21.7 Å². The van der Waals surface area contributed by atoms with Crippen LogP contribution in [-0.4, -0.2) is 24.9 Å². The summed E-state index contributed by atoms with van der Waals surface area (Å²) >= 11 is 0. The third-order valence-electron chi connectivity index (χ3n) is 12.1. The summed E-state index contributed by atoms with van der Waals surface area (Å²) in [5.74, 6) is 1.29. The molecule has 5 nitrogen and oxygen atoms in total. The van der Waals surface area contributed by atoms with Crippen LogP contribution in [0, 0.1) is 0 Å². The molecule has 0 radical (unpaired) electrons. The Hall–Kier alpha value is -6.59. The van der Waals surface area contributed by atoms with E-state index in [-0.39, 0.29) is 21.7 Å². The van der Waals surface area contributed by atoms with E-state index < -0.39 is 0 Å². The second-order valence-corrected chi connectivity index (χ2v) is 21.2. The summed E-state index contributed by atoms with van der Waals surface area (Å²) in [5.41, 5.74) is 16.6. The van der Waals surface area contributed by atoms with Gasteiger partial charge in [-0.05, 0) is 74.2 Å². The highest BCUT2D eigenvalue weighted by molar-refractivity contribution is 5.76. The van der Waals surface area contributed by atoms with E-state index in [4.69, 9.17) is 24.9 Å². The predicted octanol–water partition coefficient (Wildman–Crippen LogP) is 15.5. The molecule has 0 unspecified atom stereocenters. The summed E-state index contributed by atoms with van der Waals surface area (Å²) in [6.45, 7) is 26.8. The van der Waals surface area contributed by atoms with Gasteiger partial charge in [-0.25, -0.2) is 19.9 Å². The highest BCUT2D eigenvalue weighted by Gasteiger charge is 2.20. The van der Waals surface area contributed by atoms with Gasteiger partial charge in [-0.3, -0.25) is 4.98 Å². The number of benzene rings is 5. The molecule has 0 saturated carbocycles. The van der Waals surface area contributed by atoms with Crippen LogP contribution >= 0.6 is 0 Å². The maximum atomic E-state index is 5.19. The molecular formula is C59H61N5. The molecule has 0 fully saturated rings. The van der Waals surface area contributed by atoms with Crippen molar-refractivity contribution < 1.29 is 0 Å². The fraction of sp³-hybridized carbons (Fsp3) is 0.271. The average Bonchev–Trinajstić information content (AvgIpc) is 3.28. The molecule has 0 aliphatic heterocycles. The summed E-state index contributed by atoms with van der Waals surface area (Å²) in [7, 11) is 0. The number of hydrogen-bond acceptors (Lipinski definition) is 5. The third kappa shape index (κ3) is 9.80. The van der Waals surface area contributed by atoms with Crippen molar-refractivity contribution >= 4 is 0 Å². The summed E-state index contributed by atoms with van der Waals surface area (Å²) in [4.78, 5) is 25.7. The van der Waals surface area contributed by atoms with Gasteiger partial charge in [0.2, 0.25) is 0 Å². The van der Waals surface area contributed by atoms with Gasteiger partial charge in [-0.1, -0.05) is 198 Å². The van der Waals surface area contributed by atoms with Crippen LogP contribution < -0.4 is 0 Å². The zero-order valence-corrected chi connectivity index (χ0v) is 39.7. The van der Waals surface area contributed by atoms with Crippen LogP contribution in [0.1, 0.15) is 105 Å². The van der Waals surface area contributed by atoms with E-state index in [0.29, 0.717) is 11.6 Å². The summed E-state index contributed by atoms with van der Waals surface area (Å²) < 4.78 is 0. The van der Waals surface area contributed by atoms with E-state index in [9.17, 15) is 0 Å². The van der Waals surface area contributed by atoms with E-state index in [1.807, 2.05) is 6.20 Å². The first-order valence-corrected chi connectivity index (χ1v) is 22.5. The zero-order chi connectivity index (χ0) is 45.6. The Labute approximate surface area is 381 Å². The first-order chi connectivity index (χ1) is 30.2. The SMILES string of the molecule is CC(C)(C)c1ccc(-c2cc(-c3ccc(C(C)(C)C)cc3)nc(-c3ccc(-c4cccc(-c5nc(-c6ccc(C(C)(C)C)cc6)cc(-c6ccc(C(C)(C)C)cc6)n5)c4)nc3)n2)cc1. The lowest BCUT2D eigenvalue weighted by atomic mass is 9.86. The Bertz CT molecular complexity index is 2750. The summed E-state index contributed by atoms with van der Waals surface area (Å²) in [5, 5.41) is 0. The second-order valence-electron chi connectivity index (χ2n) is 21.2. The maximum Gasteiger partial charge on any atom is 0.161 e. The fourth-order valence-electron chi connectivity index (χ4n) is 7.82. The van der Waals surface area contributed by atoms with Gasteiger partial charge < -0.3 is 0 Å². The molecule has 5 aromatic carbocycles. The summed E-state index contributed by atoms with van der Waals surface area (Å²) in [6.07, 6.45) is 1.88. The fourth-order valence-corrected chi connectivity index (χ4v) is 7.82. The Kier molecular flexibility index (Phi) is 11.6. The minimum absolute atomic E-state index is 0.0554. The van der Waals surface area contributed by atoms with Gasteiger partial charge in [0.05, 0.1) is 28.5 Å². The number of hydrogen-bond donors (Lipinski definition) is 0. The van der Waals surface area contributed by atoms with E-state index in [2.05, 4.69) is 229 Å². The molecule has 5 heteroatoms. The van der Waals surface area contributed by atoms with Gasteiger partial charge in [0.25, 0.3) is 0 Å². The topological polar surface area (TPSA) is 64.5 Å². The van der Waals surface area contributed by atoms with Crippen molar-refractivity contribution in [1.82, 2.24) is 24.9 Å². The number of pyridine rings is 1. The van der Waals surface area contributed by atoms with E-state index in [0.717, 1.165) is 67.4 Å². The van der Waals surface area contributed by atoms with Gasteiger partial charge in [0.1, 0.15) is 0 Å².